The van der Waals surface area contributed by atoms with Gasteiger partial charge in [-0.05, 0) is 44.6 Å². The molecule has 0 aliphatic heterocycles. The molecular formula is C9H8IN7O2S. The van der Waals surface area contributed by atoms with Crippen LogP contribution in [-0.4, -0.2) is 34.4 Å². The molecule has 0 aromatic carbocycles. The molecule has 0 spiro atoms. The van der Waals surface area contributed by atoms with Crippen LogP contribution in [0.4, 0.5) is 0 Å². The molecule has 1 N–H and O–H groups in total. The van der Waals surface area contributed by atoms with E-state index in [1.165, 1.54) is 24.8 Å². The number of halogens is 1. The third-order valence-corrected chi connectivity index (χ3v) is 4.36. The summed E-state index contributed by atoms with van der Waals surface area (Å²) in [5.41, 5.74) is 0.344. The van der Waals surface area contributed by atoms with Crippen molar-refractivity contribution in [2.24, 2.45) is 7.05 Å². The standard InChI is InChI=1S/C9H8IN7O2S/c1-16-9(18)17(15-14-16)8-5(7(10)20-13-8)4-19-6-2-3-11-12-6/h2-3H,4H2,1H3,(H,11,12)/i/hT. The van der Waals surface area contributed by atoms with Crippen molar-refractivity contribution in [3.63, 3.8) is 0 Å². The summed E-state index contributed by atoms with van der Waals surface area (Å²) in [5.74, 6) is 0.720. The Morgan fingerprint density at radius 2 is 2.45 bits per heavy atom. The van der Waals surface area contributed by atoms with Crippen molar-refractivity contribution in [2.45, 2.75) is 6.61 Å². The van der Waals surface area contributed by atoms with Crippen molar-refractivity contribution in [3.05, 3.63) is 31.2 Å². The quantitative estimate of drug-likeness (QED) is 0.626. The average molecular weight is 407 g/mol. The lowest BCUT2D eigenvalue weighted by Crippen LogP contribution is -2.23. The summed E-state index contributed by atoms with van der Waals surface area (Å²) in [7, 11) is 1.51. The Labute approximate surface area is 131 Å². The van der Waals surface area contributed by atoms with Gasteiger partial charge >= 0.3 is 5.69 Å². The SMILES string of the molecule is [3H]n1ccc(OCc2c(-n3nnn(C)c3=O)nsc2I)n1. The van der Waals surface area contributed by atoms with Crippen LogP contribution in [0.2, 0.25) is 1.41 Å². The molecule has 3 heterocycles. The van der Waals surface area contributed by atoms with E-state index in [9.17, 15) is 4.79 Å². The van der Waals surface area contributed by atoms with E-state index >= 15 is 0 Å². The van der Waals surface area contributed by atoms with Crippen LogP contribution in [0, 0.1) is 2.88 Å². The van der Waals surface area contributed by atoms with Crippen LogP contribution in [0.1, 0.15) is 5.56 Å². The summed E-state index contributed by atoms with van der Waals surface area (Å²) in [6.45, 7) is 0.171. The molecule has 0 unspecified atom stereocenters. The average Bonchev–Trinajstić information content (AvgIpc) is 3.11. The Morgan fingerprint density at radius 3 is 3.10 bits per heavy atom. The molecule has 0 amide bonds. The predicted octanol–water partition coefficient (Wildman–Crippen LogP) is 0.329. The number of nitrogens with one attached hydrogen (secondary N) is 1. The summed E-state index contributed by atoms with van der Waals surface area (Å²) in [6, 6.07) is 1.58. The van der Waals surface area contributed by atoms with Gasteiger partial charge in [-0.25, -0.2) is 4.79 Å². The van der Waals surface area contributed by atoms with Crippen LogP contribution in [0.3, 0.4) is 0 Å². The van der Waals surface area contributed by atoms with Gasteiger partial charge < -0.3 is 4.74 Å². The van der Waals surface area contributed by atoms with Gasteiger partial charge in [0.25, 0.3) is 0 Å². The second-order valence-electron chi connectivity index (χ2n) is 3.71. The van der Waals surface area contributed by atoms with E-state index in [0.29, 0.717) is 11.7 Å². The van der Waals surface area contributed by atoms with E-state index in [4.69, 9.17) is 6.15 Å². The number of hydrogen-bond acceptors (Lipinski definition) is 7. The number of ether oxygens (including phenoxy) is 1. The minimum Gasteiger partial charge on any atom is -0.472 e. The van der Waals surface area contributed by atoms with Gasteiger partial charge in [-0.15, -0.1) is 9.78 Å². The normalized spacial score (nSPS) is 11.6. The lowest BCUT2D eigenvalue weighted by atomic mass is 10.3. The number of rotatable bonds is 4. The molecule has 3 aromatic rings. The molecule has 9 nitrogen and oxygen atoms in total. The predicted molar refractivity (Wildman–Crippen MR) is 77.9 cm³/mol. The Morgan fingerprint density at radius 1 is 1.60 bits per heavy atom. The first-order valence-electron chi connectivity index (χ1n) is 5.82. The van der Waals surface area contributed by atoms with Gasteiger partial charge in [-0.1, -0.05) is 0 Å². The summed E-state index contributed by atoms with van der Waals surface area (Å²) < 4.78 is 20.1. The number of hydrogen-bond donors (Lipinski definition) is 1. The van der Waals surface area contributed by atoms with Gasteiger partial charge in [-0.3, -0.25) is 5.09 Å². The highest BCUT2D eigenvalue weighted by atomic mass is 127. The molecular weight excluding hydrogens is 397 g/mol. The minimum absolute atomic E-state index is 0.171. The fourth-order valence-electron chi connectivity index (χ4n) is 1.46. The van der Waals surface area contributed by atoms with E-state index in [0.717, 1.165) is 22.9 Å². The molecule has 20 heavy (non-hydrogen) atoms. The summed E-state index contributed by atoms with van der Waals surface area (Å²) in [5, 5.41) is 12.1. The lowest BCUT2D eigenvalue weighted by molar-refractivity contribution is 0.292. The van der Waals surface area contributed by atoms with Gasteiger partial charge in [0.05, 0.1) is 8.45 Å². The Bertz CT molecular complexity index is 837. The number of tetrazole rings is 1. The first-order chi connectivity index (χ1) is 10.1. The number of nitrogens with zero attached hydrogens (tertiary/aromatic N) is 6. The molecule has 11 heteroatoms. The minimum atomic E-state index is -0.381. The number of aromatic amines is 1. The number of aromatic nitrogens is 7. The summed E-state index contributed by atoms with van der Waals surface area (Å²) >= 11 is 3.36. The fourth-order valence-corrected chi connectivity index (χ4v) is 2.77. The lowest BCUT2D eigenvalue weighted by Gasteiger charge is -2.03. The second-order valence-corrected chi connectivity index (χ2v) is 6.30. The Balaban J connectivity index is 1.90. The third-order valence-electron chi connectivity index (χ3n) is 2.45. The monoisotopic (exact) mass is 407 g/mol. The van der Waals surface area contributed by atoms with Crippen molar-refractivity contribution in [3.8, 4) is 11.7 Å². The molecule has 3 aromatic heterocycles. The second kappa shape index (κ2) is 5.32. The summed E-state index contributed by atoms with van der Waals surface area (Å²) in [4.78, 5) is 11.9. The Kier molecular flexibility index (Phi) is 3.20. The highest BCUT2D eigenvalue weighted by molar-refractivity contribution is 14.1. The van der Waals surface area contributed by atoms with Crippen molar-refractivity contribution >= 4 is 34.1 Å². The van der Waals surface area contributed by atoms with Crippen molar-refractivity contribution in [1.82, 2.24) is 34.4 Å². The zero-order chi connectivity index (χ0) is 15.0. The fraction of sp³-hybridized carbons (Fsp3) is 0.222. The van der Waals surface area contributed by atoms with Crippen LogP contribution in [0.5, 0.6) is 5.88 Å². The van der Waals surface area contributed by atoms with Crippen LogP contribution in [0.25, 0.3) is 5.82 Å². The maximum absolute atomic E-state index is 11.9. The molecule has 3 rings (SSSR count). The van der Waals surface area contributed by atoms with Crippen LogP contribution in [-0.2, 0) is 13.7 Å². The largest absolute Gasteiger partial charge is 0.472 e. The van der Waals surface area contributed by atoms with Crippen LogP contribution >= 0.6 is 34.1 Å². The molecule has 0 aliphatic carbocycles. The third kappa shape index (κ3) is 2.33. The van der Waals surface area contributed by atoms with Gasteiger partial charge in [0.1, 0.15) is 6.61 Å². The van der Waals surface area contributed by atoms with Crippen molar-refractivity contribution in [1.29, 1.82) is 0 Å². The Hall–Kier alpha value is -1.76. The maximum atomic E-state index is 11.9. The molecule has 0 aliphatic rings. The maximum Gasteiger partial charge on any atom is 0.369 e. The van der Waals surface area contributed by atoms with E-state index in [1.54, 1.807) is 6.07 Å². The van der Waals surface area contributed by atoms with E-state index in [1.807, 2.05) is 0 Å². The highest BCUT2D eigenvalue weighted by Gasteiger charge is 2.18. The molecule has 0 saturated carbocycles. The smallest absolute Gasteiger partial charge is 0.369 e. The highest BCUT2D eigenvalue weighted by Crippen LogP contribution is 2.24. The molecule has 0 saturated heterocycles. The summed E-state index contributed by atoms with van der Waals surface area (Å²) in [6.07, 6.45) is 1.46. The van der Waals surface area contributed by atoms with E-state index in [-0.39, 0.29) is 12.3 Å². The zero-order valence-electron chi connectivity index (χ0n) is 11.1. The topological polar surface area (TPSA) is 104 Å². The first-order valence-corrected chi connectivity index (χ1v) is 7.22. The van der Waals surface area contributed by atoms with E-state index < -0.39 is 0 Å². The van der Waals surface area contributed by atoms with Crippen LogP contribution in [0.15, 0.2) is 17.1 Å². The molecule has 0 fully saturated rings. The van der Waals surface area contributed by atoms with Crippen molar-refractivity contribution < 1.29 is 6.15 Å². The number of H-pyrrole nitrogens is 1. The first kappa shape index (κ1) is 12.0. The van der Waals surface area contributed by atoms with Crippen LogP contribution < -0.4 is 10.4 Å². The molecule has 0 bridgehead atoms. The molecule has 104 valence electrons. The molecule has 0 atom stereocenters. The van der Waals surface area contributed by atoms with Crippen molar-refractivity contribution in [2.75, 3.05) is 0 Å². The molecule has 0 radical (unpaired) electrons. The zero-order valence-corrected chi connectivity index (χ0v) is 13.1. The van der Waals surface area contributed by atoms with Gasteiger partial charge in [0, 0.05) is 19.3 Å². The van der Waals surface area contributed by atoms with E-state index in [2.05, 4.69) is 42.5 Å². The van der Waals surface area contributed by atoms with Gasteiger partial charge in [0.15, 0.2) is 7.23 Å². The van der Waals surface area contributed by atoms with Gasteiger partial charge in [-0.2, -0.15) is 9.06 Å². The number of aryl methyl sites for hydroxylation is 1. The van der Waals surface area contributed by atoms with Gasteiger partial charge in [0.2, 0.25) is 5.88 Å².